The van der Waals surface area contributed by atoms with E-state index in [1.165, 1.54) is 0 Å². The minimum absolute atomic E-state index is 0.0351. The van der Waals surface area contributed by atoms with Crippen LogP contribution in [0.2, 0.25) is 0 Å². The maximum Gasteiger partial charge on any atom is 0.238 e. The lowest BCUT2D eigenvalue weighted by atomic mass is 10.2. The molecule has 8 heteroatoms. The average molecular weight is 359 g/mol. The van der Waals surface area contributed by atoms with Gasteiger partial charge in [-0.05, 0) is 12.1 Å². The normalized spacial score (nSPS) is 15.0. The topological polar surface area (TPSA) is 71.9 Å². The zero-order valence-electron chi connectivity index (χ0n) is 15.4. The number of carbonyl (C=O) groups is 1. The molecule has 0 radical (unpaired) electrons. The summed E-state index contributed by atoms with van der Waals surface area (Å²) < 4.78 is 12.3. The highest BCUT2D eigenvalue weighted by Gasteiger charge is 2.20. The molecule has 2 heterocycles. The maximum absolute atomic E-state index is 12.3. The van der Waals surface area contributed by atoms with Crippen molar-refractivity contribution in [3.8, 4) is 11.5 Å². The molecule has 0 unspecified atom stereocenters. The molecule has 1 aliphatic rings. The molecule has 1 N–H and O–H groups in total. The lowest BCUT2D eigenvalue weighted by Crippen LogP contribution is -2.48. The Morgan fingerprint density at radius 2 is 1.88 bits per heavy atom. The van der Waals surface area contributed by atoms with Crippen molar-refractivity contribution >= 4 is 17.3 Å². The number of ether oxygens (including phenoxy) is 2. The smallest absolute Gasteiger partial charge is 0.238 e. The van der Waals surface area contributed by atoms with Crippen LogP contribution in [0.3, 0.4) is 0 Å². The number of methoxy groups -OCH3 is 2. The number of piperazine rings is 1. The molecule has 0 atom stereocenters. The Bertz CT molecular complexity index is 753. The number of nitrogens with zero attached hydrogens (tertiary/aromatic N) is 4. The summed E-state index contributed by atoms with van der Waals surface area (Å²) in [6.45, 7) is 3.82. The second-order valence-electron chi connectivity index (χ2n) is 6.25. The van der Waals surface area contributed by atoms with Crippen molar-refractivity contribution in [1.82, 2.24) is 14.7 Å². The van der Waals surface area contributed by atoms with Crippen LogP contribution < -0.4 is 19.7 Å². The number of hydrogen-bond donors (Lipinski definition) is 1. The van der Waals surface area contributed by atoms with Crippen LogP contribution in [0.5, 0.6) is 11.5 Å². The van der Waals surface area contributed by atoms with Gasteiger partial charge in [0.1, 0.15) is 0 Å². The number of rotatable bonds is 6. The summed E-state index contributed by atoms with van der Waals surface area (Å²) >= 11 is 0. The van der Waals surface area contributed by atoms with E-state index in [9.17, 15) is 4.79 Å². The molecule has 26 heavy (non-hydrogen) atoms. The molecule has 8 nitrogen and oxygen atoms in total. The van der Waals surface area contributed by atoms with Crippen molar-refractivity contribution in [1.29, 1.82) is 0 Å². The largest absolute Gasteiger partial charge is 0.493 e. The maximum atomic E-state index is 12.3. The van der Waals surface area contributed by atoms with Crippen LogP contribution >= 0.6 is 0 Å². The Kier molecular flexibility index (Phi) is 5.62. The first-order valence-electron chi connectivity index (χ1n) is 8.57. The average Bonchev–Trinajstić information content (AvgIpc) is 3.08. The number of benzene rings is 1. The minimum Gasteiger partial charge on any atom is -0.493 e. The fourth-order valence-corrected chi connectivity index (χ4v) is 3.05. The molecule has 1 aliphatic heterocycles. The van der Waals surface area contributed by atoms with Crippen molar-refractivity contribution < 1.29 is 14.3 Å². The molecule has 1 aromatic heterocycles. The number of aromatic nitrogens is 2. The predicted molar refractivity (Wildman–Crippen MR) is 100 cm³/mol. The second kappa shape index (κ2) is 8.09. The van der Waals surface area contributed by atoms with Crippen molar-refractivity contribution in [3.05, 3.63) is 30.6 Å². The number of anilines is 2. The van der Waals surface area contributed by atoms with Crippen molar-refractivity contribution in [3.63, 3.8) is 0 Å². The van der Waals surface area contributed by atoms with Crippen LogP contribution in [0.1, 0.15) is 0 Å². The van der Waals surface area contributed by atoms with Gasteiger partial charge in [0.2, 0.25) is 5.91 Å². The summed E-state index contributed by atoms with van der Waals surface area (Å²) in [6.07, 6.45) is 3.89. The number of carbonyl (C=O) groups excluding carboxylic acids is 1. The zero-order chi connectivity index (χ0) is 18.5. The zero-order valence-corrected chi connectivity index (χ0v) is 15.4. The fourth-order valence-electron chi connectivity index (χ4n) is 3.05. The van der Waals surface area contributed by atoms with Gasteiger partial charge < -0.3 is 19.7 Å². The SMILES string of the molecule is COc1ccc(NC(=O)CN2CCN(c3cnn(C)c3)CC2)cc1OC. The van der Waals surface area contributed by atoms with Gasteiger partial charge in [0.25, 0.3) is 0 Å². The minimum atomic E-state index is -0.0351. The Morgan fingerprint density at radius 1 is 1.15 bits per heavy atom. The van der Waals surface area contributed by atoms with Gasteiger partial charge in [0.15, 0.2) is 11.5 Å². The van der Waals surface area contributed by atoms with Gasteiger partial charge in [-0.1, -0.05) is 0 Å². The molecule has 0 saturated carbocycles. The van der Waals surface area contributed by atoms with Crippen LogP contribution in [-0.4, -0.2) is 67.5 Å². The van der Waals surface area contributed by atoms with Crippen molar-refractivity contribution in [2.75, 3.05) is 57.2 Å². The third-order valence-corrected chi connectivity index (χ3v) is 4.46. The monoisotopic (exact) mass is 359 g/mol. The van der Waals surface area contributed by atoms with Crippen LogP contribution in [-0.2, 0) is 11.8 Å². The quantitative estimate of drug-likeness (QED) is 0.836. The molecule has 0 bridgehead atoms. The predicted octanol–water partition coefficient (Wildman–Crippen LogP) is 1.20. The van der Waals surface area contributed by atoms with E-state index in [2.05, 4.69) is 20.2 Å². The lowest BCUT2D eigenvalue weighted by molar-refractivity contribution is -0.117. The third kappa shape index (κ3) is 4.26. The van der Waals surface area contributed by atoms with Crippen LogP contribution in [0.4, 0.5) is 11.4 Å². The van der Waals surface area contributed by atoms with Gasteiger partial charge in [-0.3, -0.25) is 14.4 Å². The number of aryl methyl sites for hydroxylation is 1. The molecule has 2 aromatic rings. The highest BCUT2D eigenvalue weighted by atomic mass is 16.5. The summed E-state index contributed by atoms with van der Waals surface area (Å²) in [4.78, 5) is 16.8. The third-order valence-electron chi connectivity index (χ3n) is 4.46. The lowest BCUT2D eigenvalue weighted by Gasteiger charge is -2.34. The number of amides is 1. The van der Waals surface area contributed by atoms with E-state index in [-0.39, 0.29) is 5.91 Å². The molecule has 1 amide bonds. The van der Waals surface area contributed by atoms with Gasteiger partial charge in [0.05, 0.1) is 32.6 Å². The Hall–Kier alpha value is -2.74. The highest BCUT2D eigenvalue weighted by Crippen LogP contribution is 2.29. The van der Waals surface area contributed by atoms with Gasteiger partial charge >= 0.3 is 0 Å². The Balaban J connectivity index is 1.50. The fraction of sp³-hybridized carbons (Fsp3) is 0.444. The standard InChI is InChI=1S/C18H25N5O3/c1-21-12-15(11-19-21)23-8-6-22(7-9-23)13-18(24)20-14-4-5-16(25-2)17(10-14)26-3/h4-5,10-12H,6-9,13H2,1-3H3,(H,20,24). The molecule has 1 aromatic carbocycles. The van der Waals surface area contributed by atoms with Gasteiger partial charge in [-0.2, -0.15) is 5.10 Å². The summed E-state index contributed by atoms with van der Waals surface area (Å²) in [7, 11) is 5.07. The van der Waals surface area contributed by atoms with Gasteiger partial charge in [-0.25, -0.2) is 0 Å². The van der Waals surface area contributed by atoms with E-state index in [0.29, 0.717) is 23.7 Å². The summed E-state index contributed by atoms with van der Waals surface area (Å²) in [6, 6.07) is 5.35. The first kappa shape index (κ1) is 18.1. The molecule has 140 valence electrons. The van der Waals surface area contributed by atoms with Crippen LogP contribution in [0, 0.1) is 0 Å². The van der Waals surface area contributed by atoms with Crippen LogP contribution in [0.25, 0.3) is 0 Å². The molecule has 1 fully saturated rings. The summed E-state index contributed by atoms with van der Waals surface area (Å²) in [5.41, 5.74) is 1.82. The highest BCUT2D eigenvalue weighted by molar-refractivity contribution is 5.92. The van der Waals surface area contributed by atoms with E-state index < -0.39 is 0 Å². The van der Waals surface area contributed by atoms with Crippen molar-refractivity contribution in [2.24, 2.45) is 7.05 Å². The second-order valence-corrected chi connectivity index (χ2v) is 6.25. The van der Waals surface area contributed by atoms with Gasteiger partial charge in [-0.15, -0.1) is 0 Å². The molecule has 0 aliphatic carbocycles. The van der Waals surface area contributed by atoms with E-state index in [1.54, 1.807) is 37.1 Å². The molecule has 0 spiro atoms. The molecular weight excluding hydrogens is 334 g/mol. The Labute approximate surface area is 153 Å². The van der Waals surface area contributed by atoms with Gasteiger partial charge in [0, 0.05) is 51.2 Å². The molecule has 3 rings (SSSR count). The number of nitrogens with one attached hydrogen (secondary N) is 1. The van der Waals surface area contributed by atoms with E-state index in [1.807, 2.05) is 19.4 Å². The first-order chi connectivity index (χ1) is 12.6. The Morgan fingerprint density at radius 3 is 2.50 bits per heavy atom. The summed E-state index contributed by atoms with van der Waals surface area (Å²) in [5.74, 6) is 1.19. The van der Waals surface area contributed by atoms with Crippen LogP contribution in [0.15, 0.2) is 30.6 Å². The first-order valence-corrected chi connectivity index (χ1v) is 8.57. The number of hydrogen-bond acceptors (Lipinski definition) is 6. The van der Waals surface area contributed by atoms with Crippen molar-refractivity contribution in [2.45, 2.75) is 0 Å². The van der Waals surface area contributed by atoms with E-state index >= 15 is 0 Å². The van der Waals surface area contributed by atoms with E-state index in [0.717, 1.165) is 31.9 Å². The molecular formula is C18H25N5O3. The summed E-state index contributed by atoms with van der Waals surface area (Å²) in [5, 5.41) is 7.13. The molecule has 1 saturated heterocycles. The van der Waals surface area contributed by atoms with E-state index in [4.69, 9.17) is 9.47 Å².